The monoisotopic (exact) mass is 318 g/mol. The summed E-state index contributed by atoms with van der Waals surface area (Å²) in [7, 11) is 0. The maximum absolute atomic E-state index is 12.4. The minimum absolute atomic E-state index is 0.226. The third-order valence-electron chi connectivity index (χ3n) is 4.24. The molecular formula is C18H26N2O3. The van der Waals surface area contributed by atoms with Crippen molar-refractivity contribution >= 4 is 11.8 Å². The highest BCUT2D eigenvalue weighted by atomic mass is 16.6. The summed E-state index contributed by atoms with van der Waals surface area (Å²) < 4.78 is 11.3. The number of nitrogens with one attached hydrogen (secondary N) is 1. The molecule has 126 valence electrons. The van der Waals surface area contributed by atoms with Crippen molar-refractivity contribution in [3.8, 4) is 5.75 Å². The quantitative estimate of drug-likeness (QED) is 0.796. The second kappa shape index (κ2) is 5.95. The number of carbonyl (C=O) groups excluding carboxylic acids is 1. The molecule has 0 aliphatic carbocycles. The van der Waals surface area contributed by atoms with Gasteiger partial charge in [-0.2, -0.15) is 0 Å². The van der Waals surface area contributed by atoms with Crippen LogP contribution in [0, 0.1) is 0 Å². The minimum atomic E-state index is -0.462. The van der Waals surface area contributed by atoms with Gasteiger partial charge < -0.3 is 19.7 Å². The Morgan fingerprint density at radius 3 is 2.91 bits per heavy atom. The van der Waals surface area contributed by atoms with Gasteiger partial charge in [-0.05, 0) is 56.4 Å². The van der Waals surface area contributed by atoms with Crippen molar-refractivity contribution in [3.63, 3.8) is 0 Å². The number of hydrogen-bond acceptors (Lipinski definition) is 4. The van der Waals surface area contributed by atoms with Gasteiger partial charge in [0.1, 0.15) is 18.0 Å². The van der Waals surface area contributed by atoms with E-state index in [1.54, 1.807) is 0 Å². The van der Waals surface area contributed by atoms with E-state index in [2.05, 4.69) is 24.4 Å². The van der Waals surface area contributed by atoms with E-state index in [0.29, 0.717) is 19.7 Å². The fraction of sp³-hybridized carbons (Fsp3) is 0.611. The number of amides is 1. The van der Waals surface area contributed by atoms with E-state index in [1.807, 2.05) is 25.7 Å². The molecule has 1 aromatic rings. The summed E-state index contributed by atoms with van der Waals surface area (Å²) in [4.78, 5) is 14.2. The lowest BCUT2D eigenvalue weighted by molar-refractivity contribution is 0.0248. The highest BCUT2D eigenvalue weighted by Gasteiger charge is 2.28. The Bertz CT molecular complexity index is 607. The Kier molecular flexibility index (Phi) is 4.13. The van der Waals surface area contributed by atoms with Gasteiger partial charge in [-0.25, -0.2) is 4.79 Å². The topological polar surface area (TPSA) is 50.8 Å². The van der Waals surface area contributed by atoms with Crippen LogP contribution < -0.4 is 10.1 Å². The fourth-order valence-electron chi connectivity index (χ4n) is 3.19. The van der Waals surface area contributed by atoms with E-state index >= 15 is 0 Å². The number of rotatable bonds is 0. The van der Waals surface area contributed by atoms with Crippen molar-refractivity contribution in [3.05, 3.63) is 23.3 Å². The molecule has 2 aliphatic rings. The van der Waals surface area contributed by atoms with Crippen LogP contribution in [0.3, 0.4) is 0 Å². The lowest BCUT2D eigenvalue weighted by atomic mass is 9.94. The summed E-state index contributed by atoms with van der Waals surface area (Å²) in [6.07, 6.45) is 0.603. The van der Waals surface area contributed by atoms with Crippen LogP contribution in [-0.2, 0) is 11.2 Å². The zero-order valence-corrected chi connectivity index (χ0v) is 14.4. The molecule has 1 N–H and O–H groups in total. The number of benzene rings is 1. The van der Waals surface area contributed by atoms with E-state index in [-0.39, 0.29) is 12.0 Å². The van der Waals surface area contributed by atoms with Crippen LogP contribution in [0.5, 0.6) is 5.75 Å². The van der Waals surface area contributed by atoms with Crippen LogP contribution in [0.4, 0.5) is 10.5 Å². The number of fused-ring (bicyclic) bond motifs is 2. The zero-order chi connectivity index (χ0) is 16.6. The van der Waals surface area contributed by atoms with Gasteiger partial charge in [-0.1, -0.05) is 6.92 Å². The van der Waals surface area contributed by atoms with Crippen molar-refractivity contribution < 1.29 is 14.3 Å². The molecule has 0 saturated carbocycles. The van der Waals surface area contributed by atoms with Crippen LogP contribution in [0.2, 0.25) is 0 Å². The molecule has 2 heterocycles. The summed E-state index contributed by atoms with van der Waals surface area (Å²) in [5, 5.41) is 3.39. The minimum Gasteiger partial charge on any atom is -0.490 e. The third-order valence-corrected chi connectivity index (χ3v) is 4.24. The van der Waals surface area contributed by atoms with Gasteiger partial charge in [0.05, 0.1) is 5.69 Å². The molecule has 23 heavy (non-hydrogen) atoms. The van der Waals surface area contributed by atoms with E-state index in [9.17, 15) is 4.79 Å². The number of anilines is 1. The number of carbonyl (C=O) groups is 1. The maximum atomic E-state index is 12.4. The number of ether oxygens (including phenoxy) is 2. The molecule has 1 unspecified atom stereocenters. The summed E-state index contributed by atoms with van der Waals surface area (Å²) in [5.41, 5.74) is 3.17. The van der Waals surface area contributed by atoms with Gasteiger partial charge >= 0.3 is 6.09 Å². The van der Waals surface area contributed by atoms with Crippen LogP contribution in [0.1, 0.15) is 44.7 Å². The van der Waals surface area contributed by atoms with Crippen molar-refractivity contribution in [2.45, 2.75) is 45.6 Å². The van der Waals surface area contributed by atoms with Gasteiger partial charge in [0.25, 0.3) is 0 Å². The maximum Gasteiger partial charge on any atom is 0.410 e. The Morgan fingerprint density at radius 2 is 2.17 bits per heavy atom. The van der Waals surface area contributed by atoms with Crippen LogP contribution in [0.15, 0.2) is 12.1 Å². The Balaban J connectivity index is 1.81. The molecular weight excluding hydrogens is 292 g/mol. The fourth-order valence-corrected chi connectivity index (χ4v) is 3.19. The molecule has 0 fully saturated rings. The molecule has 0 spiro atoms. The lowest BCUT2D eigenvalue weighted by Gasteiger charge is -2.27. The van der Waals surface area contributed by atoms with Gasteiger partial charge in [0.15, 0.2) is 0 Å². The standard InChI is InChI=1S/C18H26N2O3/c1-12-11-20(17(21)23-18(2,3)4)7-5-13-9-16-15(10-14(12)13)19-6-8-22-16/h9-10,12,19H,5-8,11H2,1-4H3. The first kappa shape index (κ1) is 16.0. The highest BCUT2D eigenvalue weighted by molar-refractivity contribution is 5.69. The normalized spacial score (nSPS) is 20.5. The molecule has 0 aromatic heterocycles. The summed E-state index contributed by atoms with van der Waals surface area (Å²) in [6, 6.07) is 4.32. The SMILES string of the molecule is CC1CN(C(=O)OC(C)(C)C)CCc2cc3c(cc21)NCCO3. The van der Waals surface area contributed by atoms with Gasteiger partial charge in [-0.15, -0.1) is 0 Å². The molecule has 1 atom stereocenters. The molecule has 3 rings (SSSR count). The predicted octanol–water partition coefficient (Wildman–Crippen LogP) is 3.39. The third kappa shape index (κ3) is 3.54. The molecule has 0 bridgehead atoms. The van der Waals surface area contributed by atoms with Crippen LogP contribution >= 0.6 is 0 Å². The second-order valence-corrected chi connectivity index (χ2v) is 7.40. The second-order valence-electron chi connectivity index (χ2n) is 7.40. The molecule has 2 aliphatic heterocycles. The first-order chi connectivity index (χ1) is 10.8. The molecule has 0 saturated heterocycles. The van der Waals surface area contributed by atoms with Crippen molar-refractivity contribution in [2.24, 2.45) is 0 Å². The number of hydrogen-bond donors (Lipinski definition) is 1. The lowest BCUT2D eigenvalue weighted by Crippen LogP contribution is -2.38. The van der Waals surface area contributed by atoms with E-state index in [0.717, 1.165) is 24.4 Å². The summed E-state index contributed by atoms with van der Waals surface area (Å²) in [5.74, 6) is 1.20. The molecule has 0 radical (unpaired) electrons. The molecule has 1 amide bonds. The largest absolute Gasteiger partial charge is 0.490 e. The first-order valence-electron chi connectivity index (χ1n) is 8.35. The average Bonchev–Trinajstić information content (AvgIpc) is 2.63. The predicted molar refractivity (Wildman–Crippen MR) is 90.4 cm³/mol. The summed E-state index contributed by atoms with van der Waals surface area (Å²) >= 11 is 0. The van der Waals surface area contributed by atoms with Crippen molar-refractivity contribution in [1.82, 2.24) is 4.90 Å². The average molecular weight is 318 g/mol. The Hall–Kier alpha value is -1.91. The van der Waals surface area contributed by atoms with Crippen LogP contribution in [-0.4, -0.2) is 42.8 Å². The Morgan fingerprint density at radius 1 is 1.39 bits per heavy atom. The first-order valence-corrected chi connectivity index (χ1v) is 8.35. The molecule has 5 heteroatoms. The smallest absolute Gasteiger partial charge is 0.410 e. The van der Waals surface area contributed by atoms with E-state index in [4.69, 9.17) is 9.47 Å². The van der Waals surface area contributed by atoms with E-state index in [1.165, 1.54) is 11.1 Å². The summed E-state index contributed by atoms with van der Waals surface area (Å²) in [6.45, 7) is 10.8. The van der Waals surface area contributed by atoms with Gasteiger partial charge in [0, 0.05) is 19.6 Å². The molecule has 1 aromatic carbocycles. The van der Waals surface area contributed by atoms with Crippen LogP contribution in [0.25, 0.3) is 0 Å². The van der Waals surface area contributed by atoms with Gasteiger partial charge in [0.2, 0.25) is 0 Å². The van der Waals surface area contributed by atoms with Gasteiger partial charge in [-0.3, -0.25) is 0 Å². The highest BCUT2D eigenvalue weighted by Crippen LogP contribution is 2.36. The van der Waals surface area contributed by atoms with Crippen molar-refractivity contribution in [1.29, 1.82) is 0 Å². The van der Waals surface area contributed by atoms with Crippen molar-refractivity contribution in [2.75, 3.05) is 31.6 Å². The molecule has 5 nitrogen and oxygen atoms in total. The van der Waals surface area contributed by atoms with E-state index < -0.39 is 5.60 Å². The number of nitrogens with zero attached hydrogens (tertiary/aromatic N) is 1. The zero-order valence-electron chi connectivity index (χ0n) is 14.4. The Labute approximate surface area is 137 Å².